The molecule has 232 valence electrons. The Kier molecular flexibility index (Phi) is 10.1. The highest BCUT2D eigenvalue weighted by Gasteiger charge is 2.70. The molecule has 42 heavy (non-hydrogen) atoms. The molecule has 0 aliphatic heterocycles. The molecule has 0 bridgehead atoms. The highest BCUT2D eigenvalue weighted by Crippen LogP contribution is 2.74. The van der Waals surface area contributed by atoms with Gasteiger partial charge in [-0.15, -0.1) is 23.7 Å². The van der Waals surface area contributed by atoms with Crippen molar-refractivity contribution in [3.05, 3.63) is 0 Å². The Morgan fingerprint density at radius 2 is 1.17 bits per heavy atom. The minimum absolute atomic E-state index is 0.123. The maximum atomic E-state index is 12.7. The van der Waals surface area contributed by atoms with E-state index in [0.29, 0.717) is 44.9 Å². The Morgan fingerprint density at radius 3 is 1.62 bits per heavy atom. The number of esters is 1. The molecule has 0 aromatic carbocycles. The number of carbonyl (C=O) groups is 3. The Labute approximate surface area is 252 Å². The smallest absolute Gasteiger partial charge is 0.407 e. The first kappa shape index (κ1) is 32.1. The van der Waals surface area contributed by atoms with Crippen LogP contribution in [0.4, 0.5) is 9.59 Å². The van der Waals surface area contributed by atoms with Crippen molar-refractivity contribution in [1.29, 1.82) is 0 Å². The van der Waals surface area contributed by atoms with Gasteiger partial charge >= 0.3 is 18.2 Å². The van der Waals surface area contributed by atoms with Gasteiger partial charge in [0.2, 0.25) is 0 Å². The zero-order chi connectivity index (χ0) is 30.4. The Hall–Kier alpha value is -2.87. The lowest BCUT2D eigenvalue weighted by atomic mass is 9.87. The van der Waals surface area contributed by atoms with Gasteiger partial charge in [-0.25, -0.2) is 14.4 Å². The number of hydrogen-bond acceptors (Lipinski definition) is 6. The first-order chi connectivity index (χ1) is 20.0. The first-order valence-corrected chi connectivity index (χ1v) is 15.9. The third-order valence-corrected chi connectivity index (χ3v) is 11.7. The number of ether oxygens (including phenoxy) is 3. The lowest BCUT2D eigenvalue weighted by Gasteiger charge is -2.17. The number of rotatable bonds is 12. The molecule has 0 radical (unpaired) electrons. The van der Waals surface area contributed by atoms with Crippen LogP contribution in [0, 0.1) is 57.2 Å². The summed E-state index contributed by atoms with van der Waals surface area (Å²) in [6.45, 7) is 12.3. The van der Waals surface area contributed by atoms with Crippen molar-refractivity contribution >= 4 is 18.2 Å². The maximum absolute atomic E-state index is 12.7. The van der Waals surface area contributed by atoms with Crippen LogP contribution in [0.1, 0.15) is 105 Å². The normalized spacial score (nSPS) is 34.8. The van der Waals surface area contributed by atoms with Crippen LogP contribution in [0.5, 0.6) is 0 Å². The van der Waals surface area contributed by atoms with E-state index in [1.807, 2.05) is 0 Å². The molecule has 8 heteroatoms. The molecule has 7 atom stereocenters. The third-order valence-electron chi connectivity index (χ3n) is 11.7. The summed E-state index contributed by atoms with van der Waals surface area (Å²) in [5.74, 6) is 13.1. The Morgan fingerprint density at radius 1 is 0.714 bits per heavy atom. The molecule has 0 aromatic rings. The van der Waals surface area contributed by atoms with E-state index in [-0.39, 0.29) is 34.2 Å². The molecular weight excluding hydrogens is 532 g/mol. The maximum Gasteiger partial charge on any atom is 0.407 e. The molecule has 2 fully saturated rings. The van der Waals surface area contributed by atoms with Crippen LogP contribution in [-0.4, -0.2) is 50.6 Å². The fourth-order valence-corrected chi connectivity index (χ4v) is 8.07. The molecule has 2 saturated carbocycles. The van der Waals surface area contributed by atoms with Gasteiger partial charge in [-0.2, -0.15) is 0 Å². The van der Waals surface area contributed by atoms with Crippen LogP contribution in [0.25, 0.3) is 0 Å². The number of nitrogens with one attached hydrogen (secondary N) is 2. The SMILES string of the molecule is CCOC(=O)[C@@H](CCCCNC(=O)OC[C@@H]1[C@]2(C)CCC#CCC[C@]12C)NC(=O)OCC1[C@]2(C)CCC#CCC[C@]12C. The molecule has 0 spiro atoms. The summed E-state index contributed by atoms with van der Waals surface area (Å²) in [5, 5.41) is 5.54. The second-order valence-corrected chi connectivity index (χ2v) is 13.6. The van der Waals surface area contributed by atoms with E-state index in [2.05, 4.69) is 62.0 Å². The number of hydrogen-bond donors (Lipinski definition) is 2. The van der Waals surface area contributed by atoms with Crippen LogP contribution in [0.3, 0.4) is 0 Å². The van der Waals surface area contributed by atoms with E-state index in [4.69, 9.17) is 14.2 Å². The minimum Gasteiger partial charge on any atom is -0.464 e. The monoisotopic (exact) mass is 582 g/mol. The quantitative estimate of drug-likeness (QED) is 0.127. The van der Waals surface area contributed by atoms with Crippen LogP contribution in [-0.2, 0) is 19.0 Å². The number of alkyl carbamates (subject to hydrolysis) is 2. The fraction of sp³-hybridized carbons (Fsp3) is 0.794. The predicted molar refractivity (Wildman–Crippen MR) is 160 cm³/mol. The zero-order valence-corrected chi connectivity index (χ0v) is 26.3. The highest BCUT2D eigenvalue weighted by molar-refractivity contribution is 5.81. The van der Waals surface area contributed by atoms with Crippen LogP contribution in [0.15, 0.2) is 0 Å². The van der Waals surface area contributed by atoms with Gasteiger partial charge in [0.1, 0.15) is 6.04 Å². The second-order valence-electron chi connectivity index (χ2n) is 13.6. The van der Waals surface area contributed by atoms with Crippen molar-refractivity contribution in [3.8, 4) is 23.7 Å². The van der Waals surface area contributed by atoms with E-state index in [1.165, 1.54) is 0 Å². The summed E-state index contributed by atoms with van der Waals surface area (Å²) in [7, 11) is 0. The molecule has 2 amide bonds. The summed E-state index contributed by atoms with van der Waals surface area (Å²) < 4.78 is 16.4. The Balaban J connectivity index is 1.14. The van der Waals surface area contributed by atoms with E-state index in [9.17, 15) is 14.4 Å². The van der Waals surface area contributed by atoms with E-state index < -0.39 is 24.2 Å². The highest BCUT2D eigenvalue weighted by atomic mass is 16.6. The van der Waals surface area contributed by atoms with Gasteiger partial charge in [-0.05, 0) is 73.5 Å². The Bertz CT molecular complexity index is 1100. The molecule has 4 aliphatic carbocycles. The van der Waals surface area contributed by atoms with Gasteiger partial charge in [0, 0.05) is 44.1 Å². The van der Waals surface area contributed by atoms with E-state index in [1.54, 1.807) is 6.92 Å². The zero-order valence-electron chi connectivity index (χ0n) is 26.3. The van der Waals surface area contributed by atoms with Gasteiger partial charge in [0.25, 0.3) is 0 Å². The summed E-state index contributed by atoms with van der Waals surface area (Å²) in [5.41, 5.74) is 0.605. The molecule has 0 heterocycles. The minimum atomic E-state index is -0.798. The fourth-order valence-electron chi connectivity index (χ4n) is 8.07. The van der Waals surface area contributed by atoms with Crippen molar-refractivity contribution in [2.45, 2.75) is 111 Å². The lowest BCUT2D eigenvalue weighted by Crippen LogP contribution is -2.42. The van der Waals surface area contributed by atoms with E-state index in [0.717, 1.165) is 51.4 Å². The molecule has 0 aromatic heterocycles. The van der Waals surface area contributed by atoms with E-state index >= 15 is 0 Å². The number of unbranched alkanes of at least 4 members (excludes halogenated alkanes) is 1. The molecule has 4 aliphatic rings. The number of carbonyl (C=O) groups excluding carboxylic acids is 3. The first-order valence-electron chi connectivity index (χ1n) is 15.9. The number of amides is 2. The van der Waals surface area contributed by atoms with Crippen LogP contribution >= 0.6 is 0 Å². The van der Waals surface area contributed by atoms with Gasteiger partial charge in [-0.1, -0.05) is 27.7 Å². The topological polar surface area (TPSA) is 103 Å². The summed E-state index contributed by atoms with van der Waals surface area (Å²) >= 11 is 0. The molecule has 1 unspecified atom stereocenters. The van der Waals surface area contributed by atoms with Gasteiger partial charge in [-0.3, -0.25) is 0 Å². The van der Waals surface area contributed by atoms with Crippen molar-refractivity contribution in [2.75, 3.05) is 26.4 Å². The van der Waals surface area contributed by atoms with Crippen molar-refractivity contribution < 1.29 is 28.6 Å². The summed E-state index contributed by atoms with van der Waals surface area (Å²) in [4.78, 5) is 37.6. The van der Waals surface area contributed by atoms with Crippen LogP contribution in [0.2, 0.25) is 0 Å². The lowest BCUT2D eigenvalue weighted by molar-refractivity contribution is -0.145. The molecule has 2 N–H and O–H groups in total. The average Bonchev–Trinajstić information content (AvgIpc) is 3.59. The van der Waals surface area contributed by atoms with Gasteiger partial charge in [0.05, 0.1) is 19.8 Å². The van der Waals surface area contributed by atoms with Crippen molar-refractivity contribution in [2.24, 2.45) is 33.5 Å². The summed E-state index contributed by atoms with van der Waals surface area (Å²) in [6, 6.07) is -0.798. The second kappa shape index (κ2) is 13.2. The van der Waals surface area contributed by atoms with Crippen LogP contribution < -0.4 is 10.6 Å². The van der Waals surface area contributed by atoms with Crippen molar-refractivity contribution in [3.63, 3.8) is 0 Å². The molecular formula is C34H50N2O6. The third kappa shape index (κ3) is 6.53. The summed E-state index contributed by atoms with van der Waals surface area (Å²) in [6.07, 6.45) is 8.30. The largest absolute Gasteiger partial charge is 0.464 e. The molecule has 0 saturated heterocycles. The average molecular weight is 583 g/mol. The van der Waals surface area contributed by atoms with Gasteiger partial charge in [0.15, 0.2) is 0 Å². The van der Waals surface area contributed by atoms with Gasteiger partial charge < -0.3 is 24.8 Å². The predicted octanol–water partition coefficient (Wildman–Crippen LogP) is 5.98. The standard InChI is InChI=1S/C34H50N2O6/c1-6-40-28(37)25(36-30(39)42-24-27-33(4)20-14-9-10-15-21-34(27,33)5)17-11-16-22-35-29(38)41-23-26-31(2)18-12-7-8-13-19-32(26,31)3/h25-27H,6,11-24H2,1-5H3,(H,35,38)(H,36,39)/t25-,26-,27?,31+,32-,33-,34+/m1/s1. The molecule has 8 nitrogen and oxygen atoms in total. The number of fused-ring (bicyclic) bond motifs is 2. The molecule has 4 rings (SSSR count). The van der Waals surface area contributed by atoms with Crippen molar-refractivity contribution in [1.82, 2.24) is 10.6 Å².